The minimum absolute atomic E-state index is 0.0512. The van der Waals surface area contributed by atoms with Crippen molar-refractivity contribution in [1.29, 1.82) is 5.26 Å². The van der Waals surface area contributed by atoms with E-state index in [1.807, 2.05) is 53.4 Å². The highest BCUT2D eigenvalue weighted by Gasteiger charge is 2.13. The van der Waals surface area contributed by atoms with E-state index in [2.05, 4.69) is 10.2 Å². The van der Waals surface area contributed by atoms with Gasteiger partial charge in [0.25, 0.3) is 5.69 Å². The predicted molar refractivity (Wildman–Crippen MR) is 132 cm³/mol. The van der Waals surface area contributed by atoms with Crippen LogP contribution in [0, 0.1) is 21.4 Å². The second kappa shape index (κ2) is 12.5. The van der Waals surface area contributed by atoms with Crippen molar-refractivity contribution in [1.82, 2.24) is 0 Å². The number of hydrogen-bond acceptors (Lipinski definition) is 9. The Bertz CT molecular complexity index is 1300. The smallest absolute Gasteiger partial charge is 0.308 e. The lowest BCUT2D eigenvalue weighted by molar-refractivity contribution is -0.384. The number of nitro benzene ring substituents is 1. The van der Waals surface area contributed by atoms with Gasteiger partial charge in [-0.25, -0.2) is 0 Å². The van der Waals surface area contributed by atoms with Gasteiger partial charge < -0.3 is 9.64 Å². The number of nitriles is 1. The van der Waals surface area contributed by atoms with E-state index < -0.39 is 10.9 Å². The molecule has 10 nitrogen and oxygen atoms in total. The van der Waals surface area contributed by atoms with E-state index in [0.29, 0.717) is 18.8 Å². The summed E-state index contributed by atoms with van der Waals surface area (Å²) in [4.78, 5) is 35.4. The summed E-state index contributed by atoms with van der Waals surface area (Å²) >= 11 is 0. The highest BCUT2D eigenvalue weighted by molar-refractivity contribution is 5.80. The van der Waals surface area contributed by atoms with Gasteiger partial charge in [0.05, 0.1) is 22.6 Å². The quantitative estimate of drug-likeness (QED) is 0.153. The van der Waals surface area contributed by atoms with Gasteiger partial charge in [-0.1, -0.05) is 30.3 Å². The predicted octanol–water partition coefficient (Wildman–Crippen LogP) is 5.41. The SMILES string of the molecule is CC(=O)COC(=O)CCN(Cc1ccccc1)c1ccc(N=Nc2ccc([N+](=O)[O-])cc2C#N)cc1. The molecule has 182 valence electrons. The van der Waals surface area contributed by atoms with Crippen LogP contribution in [-0.4, -0.2) is 29.8 Å². The van der Waals surface area contributed by atoms with Crippen molar-refractivity contribution in [3.8, 4) is 6.07 Å². The molecular formula is C26H23N5O5. The standard InChI is InChI=1S/C26H23N5O5/c1-19(32)18-36-26(33)13-14-30(17-20-5-3-2-4-6-20)23-9-7-22(8-10-23)28-29-25-12-11-24(31(34)35)15-21(25)16-27/h2-12,15H,13-14,17-18H2,1H3. The second-order valence-electron chi connectivity index (χ2n) is 7.81. The molecule has 0 aliphatic rings. The summed E-state index contributed by atoms with van der Waals surface area (Å²) < 4.78 is 4.97. The summed E-state index contributed by atoms with van der Waals surface area (Å²) in [6.07, 6.45) is 0.110. The maximum absolute atomic E-state index is 12.0. The van der Waals surface area contributed by atoms with Crippen LogP contribution in [0.15, 0.2) is 83.0 Å². The summed E-state index contributed by atoms with van der Waals surface area (Å²) in [5, 5.41) is 28.4. The zero-order chi connectivity index (χ0) is 25.9. The number of Topliss-reactive ketones (excluding diaryl/α,β-unsaturated/α-hetero) is 1. The molecule has 0 saturated heterocycles. The topological polar surface area (TPSA) is 138 Å². The lowest BCUT2D eigenvalue weighted by atomic mass is 10.2. The van der Waals surface area contributed by atoms with Crippen LogP contribution in [0.2, 0.25) is 0 Å². The highest BCUT2D eigenvalue weighted by atomic mass is 16.6. The van der Waals surface area contributed by atoms with E-state index in [9.17, 15) is 25.0 Å². The number of benzene rings is 3. The van der Waals surface area contributed by atoms with Crippen LogP contribution in [-0.2, 0) is 20.9 Å². The average Bonchev–Trinajstić information content (AvgIpc) is 2.89. The third kappa shape index (κ3) is 7.56. The molecule has 0 unspecified atom stereocenters. The summed E-state index contributed by atoms with van der Waals surface area (Å²) in [5.41, 5.74) is 2.49. The summed E-state index contributed by atoms with van der Waals surface area (Å²) in [6.45, 7) is 2.05. The number of anilines is 1. The number of esters is 1. The summed E-state index contributed by atoms with van der Waals surface area (Å²) in [7, 11) is 0. The lowest BCUT2D eigenvalue weighted by Gasteiger charge is -2.25. The fraction of sp³-hybridized carbons (Fsp3) is 0.192. The zero-order valence-corrected chi connectivity index (χ0v) is 19.5. The lowest BCUT2D eigenvalue weighted by Crippen LogP contribution is -2.26. The molecule has 0 N–H and O–H groups in total. The van der Waals surface area contributed by atoms with Gasteiger partial charge >= 0.3 is 5.97 Å². The number of carbonyl (C=O) groups is 2. The molecule has 0 aliphatic carbocycles. The summed E-state index contributed by atoms with van der Waals surface area (Å²) in [6, 6.07) is 22.6. The van der Waals surface area contributed by atoms with Crippen molar-refractivity contribution in [2.75, 3.05) is 18.1 Å². The van der Waals surface area contributed by atoms with E-state index in [0.717, 1.165) is 17.3 Å². The molecule has 0 fully saturated rings. The van der Waals surface area contributed by atoms with Gasteiger partial charge in [0.2, 0.25) is 0 Å². The fourth-order valence-electron chi connectivity index (χ4n) is 3.24. The minimum atomic E-state index is -0.579. The maximum Gasteiger partial charge on any atom is 0.308 e. The Hall–Kier alpha value is -4.91. The Morgan fingerprint density at radius 1 is 1.06 bits per heavy atom. The van der Waals surface area contributed by atoms with E-state index in [-0.39, 0.29) is 35.7 Å². The fourth-order valence-corrected chi connectivity index (χ4v) is 3.24. The Kier molecular flexibility index (Phi) is 8.94. The Morgan fingerprint density at radius 2 is 1.78 bits per heavy atom. The van der Waals surface area contributed by atoms with Gasteiger partial charge in [0.15, 0.2) is 5.78 Å². The number of hydrogen-bond donors (Lipinski definition) is 0. The van der Waals surface area contributed by atoms with Gasteiger partial charge in [0.1, 0.15) is 18.4 Å². The number of non-ortho nitro benzene ring substituents is 1. The minimum Gasteiger partial charge on any atom is -0.458 e. The van der Waals surface area contributed by atoms with Crippen LogP contribution in [0.3, 0.4) is 0 Å². The molecule has 0 aliphatic heterocycles. The van der Waals surface area contributed by atoms with Gasteiger partial charge in [-0.15, -0.1) is 5.11 Å². The molecular weight excluding hydrogens is 462 g/mol. The molecule has 0 aromatic heterocycles. The van der Waals surface area contributed by atoms with E-state index in [1.54, 1.807) is 12.1 Å². The molecule has 3 aromatic carbocycles. The number of ketones is 1. The molecule has 0 radical (unpaired) electrons. The molecule has 36 heavy (non-hydrogen) atoms. The Balaban J connectivity index is 1.75. The number of ether oxygens (including phenoxy) is 1. The second-order valence-corrected chi connectivity index (χ2v) is 7.81. The van der Waals surface area contributed by atoms with Gasteiger partial charge in [-0.2, -0.15) is 10.4 Å². The molecule has 0 amide bonds. The number of azo groups is 1. The molecule has 10 heteroatoms. The first kappa shape index (κ1) is 25.7. The molecule has 3 aromatic rings. The summed E-state index contributed by atoms with van der Waals surface area (Å²) in [5.74, 6) is -0.671. The number of carbonyl (C=O) groups excluding carboxylic acids is 2. The van der Waals surface area contributed by atoms with E-state index in [4.69, 9.17) is 4.74 Å². The van der Waals surface area contributed by atoms with Gasteiger partial charge in [-0.3, -0.25) is 19.7 Å². The van der Waals surface area contributed by atoms with Crippen molar-refractivity contribution in [3.63, 3.8) is 0 Å². The first-order valence-corrected chi connectivity index (χ1v) is 11.0. The van der Waals surface area contributed by atoms with Crippen LogP contribution in [0.5, 0.6) is 0 Å². The first-order chi connectivity index (χ1) is 17.4. The molecule has 0 atom stereocenters. The van der Waals surface area contributed by atoms with Crippen molar-refractivity contribution >= 4 is 34.5 Å². The normalized spacial score (nSPS) is 10.6. The van der Waals surface area contributed by atoms with E-state index in [1.165, 1.54) is 19.1 Å². The Labute approximate surface area is 207 Å². The number of nitrogens with zero attached hydrogens (tertiary/aromatic N) is 5. The molecule has 0 spiro atoms. The molecule has 0 saturated carbocycles. The van der Waals surface area contributed by atoms with Crippen LogP contribution in [0.1, 0.15) is 24.5 Å². The van der Waals surface area contributed by atoms with Crippen molar-refractivity contribution in [2.24, 2.45) is 10.2 Å². The molecule has 3 rings (SSSR count). The van der Waals surface area contributed by atoms with Crippen molar-refractivity contribution in [3.05, 3.63) is 94.0 Å². The maximum atomic E-state index is 12.0. The third-order valence-corrected chi connectivity index (χ3v) is 5.04. The zero-order valence-electron chi connectivity index (χ0n) is 19.5. The molecule has 0 heterocycles. The third-order valence-electron chi connectivity index (χ3n) is 5.04. The van der Waals surface area contributed by atoms with Crippen LogP contribution < -0.4 is 4.90 Å². The number of rotatable bonds is 11. The van der Waals surface area contributed by atoms with Crippen LogP contribution >= 0.6 is 0 Å². The van der Waals surface area contributed by atoms with E-state index >= 15 is 0 Å². The monoisotopic (exact) mass is 485 g/mol. The van der Waals surface area contributed by atoms with Crippen molar-refractivity contribution < 1.29 is 19.2 Å². The number of nitro groups is 1. The first-order valence-electron chi connectivity index (χ1n) is 11.0. The van der Waals surface area contributed by atoms with Crippen LogP contribution in [0.25, 0.3) is 0 Å². The highest BCUT2D eigenvalue weighted by Crippen LogP contribution is 2.27. The molecule has 0 bridgehead atoms. The van der Waals surface area contributed by atoms with Crippen LogP contribution in [0.4, 0.5) is 22.7 Å². The Morgan fingerprint density at radius 3 is 2.42 bits per heavy atom. The largest absolute Gasteiger partial charge is 0.458 e. The van der Waals surface area contributed by atoms with Gasteiger partial charge in [-0.05, 0) is 42.8 Å². The van der Waals surface area contributed by atoms with Crippen molar-refractivity contribution in [2.45, 2.75) is 19.9 Å². The average molecular weight is 486 g/mol. The van der Waals surface area contributed by atoms with Gasteiger partial charge in [0, 0.05) is 30.9 Å².